The van der Waals surface area contributed by atoms with Gasteiger partial charge in [-0.2, -0.15) is 5.11 Å². The van der Waals surface area contributed by atoms with Gasteiger partial charge < -0.3 is 0 Å². The Hall–Kier alpha value is -1.32. The summed E-state index contributed by atoms with van der Waals surface area (Å²) in [6.45, 7) is 0. The van der Waals surface area contributed by atoms with E-state index in [2.05, 4.69) is 10.2 Å². The van der Waals surface area contributed by atoms with Crippen LogP contribution in [0.5, 0.6) is 0 Å². The molecule has 0 atom stereocenters. The maximum atomic E-state index is 11.1. The van der Waals surface area contributed by atoms with E-state index in [1.165, 1.54) is 38.2 Å². The summed E-state index contributed by atoms with van der Waals surface area (Å²) in [7, 11) is 0. The van der Waals surface area contributed by atoms with Crippen LogP contribution in [0.1, 0.15) is 44.9 Å². The van der Waals surface area contributed by atoms with Crippen LogP contribution in [0.3, 0.4) is 0 Å². The zero-order valence-corrected chi connectivity index (χ0v) is 9.32. The van der Waals surface area contributed by atoms with Gasteiger partial charge in [-0.25, -0.2) is 0 Å². The maximum Gasteiger partial charge on any atom is 0.335 e. The van der Waals surface area contributed by atoms with Crippen LogP contribution in [0, 0.1) is 5.92 Å². The molecular formula is C12H16N2O2. The van der Waals surface area contributed by atoms with Gasteiger partial charge in [-0.15, -0.1) is 5.11 Å². The molecule has 0 aromatic carbocycles. The highest BCUT2D eigenvalue weighted by Gasteiger charge is 2.18. The Morgan fingerprint density at radius 3 is 2.56 bits per heavy atom. The number of allylic oxidation sites excluding steroid dienone is 1. The molecule has 1 amide bonds. The third-order valence-electron chi connectivity index (χ3n) is 3.31. The molecule has 1 saturated carbocycles. The molecule has 0 aromatic rings. The zero-order valence-electron chi connectivity index (χ0n) is 9.32. The van der Waals surface area contributed by atoms with E-state index in [0.717, 1.165) is 18.8 Å². The van der Waals surface area contributed by atoms with E-state index >= 15 is 0 Å². The summed E-state index contributed by atoms with van der Waals surface area (Å²) >= 11 is 0. The highest BCUT2D eigenvalue weighted by molar-refractivity contribution is 6.41. The lowest BCUT2D eigenvalue weighted by Gasteiger charge is -2.21. The standard InChI is InChI=1S/C12H16N2O2/c15-11-8-10(13-14-12(11)16)7-6-9-4-2-1-3-5-9/h8-9H,1-7H2. The van der Waals surface area contributed by atoms with Crippen molar-refractivity contribution in [3.05, 3.63) is 11.8 Å². The predicted octanol–water partition coefficient (Wildman–Crippen LogP) is 2.79. The molecule has 0 radical (unpaired) electrons. The molecule has 2 aliphatic rings. The van der Waals surface area contributed by atoms with Gasteiger partial charge >= 0.3 is 5.91 Å². The first-order valence-corrected chi connectivity index (χ1v) is 5.96. The fourth-order valence-electron chi connectivity index (χ4n) is 2.35. The van der Waals surface area contributed by atoms with Crippen LogP contribution in [0.15, 0.2) is 22.0 Å². The third-order valence-corrected chi connectivity index (χ3v) is 3.31. The van der Waals surface area contributed by atoms with E-state index in [9.17, 15) is 9.59 Å². The van der Waals surface area contributed by atoms with E-state index in [0.29, 0.717) is 5.70 Å². The van der Waals surface area contributed by atoms with Crippen molar-refractivity contribution in [2.45, 2.75) is 44.9 Å². The fraction of sp³-hybridized carbons (Fsp3) is 0.667. The quantitative estimate of drug-likeness (QED) is 0.686. The normalized spacial score (nSPS) is 22.4. The second-order valence-corrected chi connectivity index (χ2v) is 4.55. The summed E-state index contributed by atoms with van der Waals surface area (Å²) in [5, 5.41) is 7.09. The number of rotatable bonds is 3. The molecule has 86 valence electrons. The molecule has 0 unspecified atom stereocenters. The molecule has 0 bridgehead atoms. The molecule has 0 saturated heterocycles. The van der Waals surface area contributed by atoms with Gasteiger partial charge in [0.15, 0.2) is 0 Å². The molecule has 1 aliphatic carbocycles. The smallest absolute Gasteiger partial charge is 0.284 e. The van der Waals surface area contributed by atoms with E-state index < -0.39 is 11.7 Å². The first-order valence-electron chi connectivity index (χ1n) is 5.96. The maximum absolute atomic E-state index is 11.1. The summed E-state index contributed by atoms with van der Waals surface area (Å²) in [5.74, 6) is -0.521. The van der Waals surface area contributed by atoms with Gasteiger partial charge in [-0.1, -0.05) is 32.1 Å². The molecule has 2 rings (SSSR count). The van der Waals surface area contributed by atoms with Crippen LogP contribution in [-0.4, -0.2) is 11.7 Å². The first kappa shape index (κ1) is 11.2. The van der Waals surface area contributed by atoms with Crippen LogP contribution < -0.4 is 0 Å². The minimum atomic E-state index is -0.749. The predicted molar refractivity (Wildman–Crippen MR) is 58.8 cm³/mol. The van der Waals surface area contributed by atoms with Crippen molar-refractivity contribution in [2.24, 2.45) is 16.1 Å². The lowest BCUT2D eigenvalue weighted by atomic mass is 9.86. The largest absolute Gasteiger partial charge is 0.335 e. The average molecular weight is 220 g/mol. The van der Waals surface area contributed by atoms with Gasteiger partial charge in [0.25, 0.3) is 0 Å². The SMILES string of the molecule is O=C1C=C(CCC2CCCCC2)N=NC1=O. The number of nitrogens with zero attached hydrogens (tertiary/aromatic N) is 2. The molecule has 4 nitrogen and oxygen atoms in total. The third kappa shape index (κ3) is 2.84. The summed E-state index contributed by atoms with van der Waals surface area (Å²) in [6, 6.07) is 0. The number of azo groups is 1. The van der Waals surface area contributed by atoms with Crippen LogP contribution in [0.2, 0.25) is 0 Å². The van der Waals surface area contributed by atoms with Crippen LogP contribution >= 0.6 is 0 Å². The summed E-state index contributed by atoms with van der Waals surface area (Å²) in [5.41, 5.74) is 0.662. The van der Waals surface area contributed by atoms with Crippen molar-refractivity contribution < 1.29 is 9.59 Å². The highest BCUT2D eigenvalue weighted by atomic mass is 16.2. The Labute approximate surface area is 94.8 Å². The van der Waals surface area contributed by atoms with E-state index in [1.807, 2.05) is 0 Å². The average Bonchev–Trinajstić information content (AvgIpc) is 2.32. The second-order valence-electron chi connectivity index (χ2n) is 4.55. The molecule has 4 heteroatoms. The monoisotopic (exact) mass is 220 g/mol. The number of ketones is 1. The Morgan fingerprint density at radius 1 is 1.12 bits per heavy atom. The van der Waals surface area contributed by atoms with Gasteiger partial charge in [0.05, 0.1) is 5.70 Å². The van der Waals surface area contributed by atoms with Crippen molar-refractivity contribution in [3.63, 3.8) is 0 Å². The summed E-state index contributed by atoms with van der Waals surface area (Å²) in [4.78, 5) is 21.9. The van der Waals surface area contributed by atoms with Gasteiger partial charge in [0.1, 0.15) is 0 Å². The first-order chi connectivity index (χ1) is 7.75. The van der Waals surface area contributed by atoms with Gasteiger partial charge in [0, 0.05) is 6.08 Å². The Morgan fingerprint density at radius 2 is 1.88 bits per heavy atom. The Bertz CT molecular complexity index is 352. The van der Waals surface area contributed by atoms with Crippen molar-refractivity contribution in [1.29, 1.82) is 0 Å². The number of amides is 1. The molecule has 1 fully saturated rings. The van der Waals surface area contributed by atoms with Crippen molar-refractivity contribution in [2.75, 3.05) is 0 Å². The topological polar surface area (TPSA) is 58.9 Å². The van der Waals surface area contributed by atoms with E-state index in [4.69, 9.17) is 0 Å². The van der Waals surface area contributed by atoms with Crippen molar-refractivity contribution >= 4 is 11.7 Å². The van der Waals surface area contributed by atoms with E-state index in [1.54, 1.807) is 0 Å². The molecular weight excluding hydrogens is 204 g/mol. The number of hydrogen-bond acceptors (Lipinski definition) is 3. The van der Waals surface area contributed by atoms with Crippen LogP contribution in [0.25, 0.3) is 0 Å². The molecule has 16 heavy (non-hydrogen) atoms. The number of carbonyl (C=O) groups is 2. The fourth-order valence-corrected chi connectivity index (χ4v) is 2.35. The highest BCUT2D eigenvalue weighted by Crippen LogP contribution is 2.29. The van der Waals surface area contributed by atoms with E-state index in [-0.39, 0.29) is 0 Å². The van der Waals surface area contributed by atoms with Crippen LogP contribution in [0.4, 0.5) is 0 Å². The lowest BCUT2D eigenvalue weighted by molar-refractivity contribution is -0.133. The molecule has 0 aromatic heterocycles. The molecule has 1 heterocycles. The van der Waals surface area contributed by atoms with Crippen molar-refractivity contribution in [3.8, 4) is 0 Å². The lowest BCUT2D eigenvalue weighted by Crippen LogP contribution is -2.12. The Kier molecular flexibility index (Phi) is 3.59. The minimum absolute atomic E-state index is 0.534. The number of carbonyl (C=O) groups excluding carboxylic acids is 2. The summed E-state index contributed by atoms with van der Waals surface area (Å²) < 4.78 is 0. The Balaban J connectivity index is 1.82. The minimum Gasteiger partial charge on any atom is -0.284 e. The molecule has 0 N–H and O–H groups in total. The zero-order chi connectivity index (χ0) is 11.4. The molecule has 1 aliphatic heterocycles. The van der Waals surface area contributed by atoms with Crippen LogP contribution in [-0.2, 0) is 9.59 Å². The summed E-state index contributed by atoms with van der Waals surface area (Å²) in [6.07, 6.45) is 9.74. The second kappa shape index (κ2) is 5.14. The van der Waals surface area contributed by atoms with Crippen molar-refractivity contribution in [1.82, 2.24) is 0 Å². The van der Waals surface area contributed by atoms with Gasteiger partial charge in [-0.05, 0) is 18.8 Å². The molecule has 0 spiro atoms. The number of hydrogen-bond donors (Lipinski definition) is 0. The van der Waals surface area contributed by atoms with Gasteiger partial charge in [-0.3, -0.25) is 9.59 Å². The van der Waals surface area contributed by atoms with Gasteiger partial charge in [0.2, 0.25) is 5.78 Å².